The van der Waals surface area contributed by atoms with Gasteiger partial charge in [-0.05, 0) is 32.4 Å². The first-order valence-corrected chi connectivity index (χ1v) is 4.29. The fourth-order valence-electron chi connectivity index (χ4n) is 1.50. The molecule has 0 unspecified atom stereocenters. The van der Waals surface area contributed by atoms with Crippen molar-refractivity contribution in [1.82, 2.24) is 4.57 Å². The van der Waals surface area contributed by atoms with Crippen molar-refractivity contribution in [2.24, 2.45) is 0 Å². The second-order valence-electron chi connectivity index (χ2n) is 3.20. The van der Waals surface area contributed by atoms with Crippen LogP contribution in [0.4, 0.5) is 0 Å². The molecule has 0 aliphatic carbocycles. The summed E-state index contributed by atoms with van der Waals surface area (Å²) in [5.41, 5.74) is 4.04. The molecule has 0 N–H and O–H groups in total. The van der Waals surface area contributed by atoms with Crippen LogP contribution in [0.5, 0.6) is 0 Å². The minimum absolute atomic E-state index is 0.788. The molecule has 0 aliphatic heterocycles. The van der Waals surface area contributed by atoms with E-state index in [9.17, 15) is 0 Å². The van der Waals surface area contributed by atoms with E-state index in [1.54, 1.807) is 7.11 Å². The Morgan fingerprint density at radius 3 is 2.42 bits per heavy atom. The maximum absolute atomic E-state index is 5.04. The highest BCUT2D eigenvalue weighted by atomic mass is 16.5. The molecule has 0 saturated carbocycles. The summed E-state index contributed by atoms with van der Waals surface area (Å²) in [5, 5.41) is 0. The molecular weight excluding hydrogens is 150 g/mol. The first kappa shape index (κ1) is 9.33. The van der Waals surface area contributed by atoms with E-state index in [1.807, 2.05) is 0 Å². The number of aromatic nitrogens is 1. The monoisotopic (exact) mass is 167 g/mol. The van der Waals surface area contributed by atoms with Crippen molar-refractivity contribution in [1.29, 1.82) is 0 Å². The predicted molar refractivity (Wildman–Crippen MR) is 50.5 cm³/mol. The maximum Gasteiger partial charge on any atom is 0.0641 e. The van der Waals surface area contributed by atoms with Crippen molar-refractivity contribution in [2.75, 3.05) is 13.7 Å². The Kier molecular flexibility index (Phi) is 2.93. The lowest BCUT2D eigenvalue weighted by Crippen LogP contribution is -2.07. The van der Waals surface area contributed by atoms with Crippen LogP contribution in [0, 0.1) is 20.8 Å². The topological polar surface area (TPSA) is 14.2 Å². The lowest BCUT2D eigenvalue weighted by Gasteiger charge is -2.07. The molecule has 1 rings (SSSR count). The second kappa shape index (κ2) is 3.76. The van der Waals surface area contributed by atoms with Gasteiger partial charge in [-0.3, -0.25) is 0 Å². The third-order valence-electron chi connectivity index (χ3n) is 2.35. The molecule has 1 heterocycles. The van der Waals surface area contributed by atoms with Crippen molar-refractivity contribution < 1.29 is 4.74 Å². The highest BCUT2D eigenvalue weighted by Gasteiger charge is 2.03. The zero-order valence-electron chi connectivity index (χ0n) is 8.35. The van der Waals surface area contributed by atoms with Gasteiger partial charge in [0.1, 0.15) is 0 Å². The molecule has 0 aromatic carbocycles. The summed E-state index contributed by atoms with van der Waals surface area (Å²) in [6.45, 7) is 8.18. The maximum atomic E-state index is 5.04. The van der Waals surface area contributed by atoms with Gasteiger partial charge >= 0.3 is 0 Å². The summed E-state index contributed by atoms with van der Waals surface area (Å²) >= 11 is 0. The lowest BCUT2D eigenvalue weighted by molar-refractivity contribution is 0.186. The SMILES string of the molecule is COCCn1c(C)cc(C)c1C. The van der Waals surface area contributed by atoms with Crippen LogP contribution in [0.2, 0.25) is 0 Å². The van der Waals surface area contributed by atoms with Crippen LogP contribution in [-0.2, 0) is 11.3 Å². The Labute approximate surface area is 74.2 Å². The minimum atomic E-state index is 0.788. The van der Waals surface area contributed by atoms with E-state index in [1.165, 1.54) is 17.0 Å². The molecule has 68 valence electrons. The zero-order valence-corrected chi connectivity index (χ0v) is 8.35. The third-order valence-corrected chi connectivity index (χ3v) is 2.35. The molecule has 1 aromatic rings. The van der Waals surface area contributed by atoms with Gasteiger partial charge in [0.2, 0.25) is 0 Å². The van der Waals surface area contributed by atoms with E-state index in [0.29, 0.717) is 0 Å². The average Bonchev–Trinajstić information content (AvgIpc) is 2.25. The van der Waals surface area contributed by atoms with Gasteiger partial charge < -0.3 is 9.30 Å². The number of ether oxygens (including phenoxy) is 1. The quantitative estimate of drug-likeness (QED) is 0.672. The fourth-order valence-corrected chi connectivity index (χ4v) is 1.50. The summed E-state index contributed by atoms with van der Waals surface area (Å²) in [6, 6.07) is 2.21. The van der Waals surface area contributed by atoms with Crippen molar-refractivity contribution in [2.45, 2.75) is 27.3 Å². The Bertz CT molecular complexity index is 263. The smallest absolute Gasteiger partial charge is 0.0641 e. The first-order valence-electron chi connectivity index (χ1n) is 4.29. The molecule has 0 amide bonds. The van der Waals surface area contributed by atoms with Crippen molar-refractivity contribution in [3.8, 4) is 0 Å². The van der Waals surface area contributed by atoms with Crippen molar-refractivity contribution >= 4 is 0 Å². The van der Waals surface area contributed by atoms with Gasteiger partial charge in [-0.2, -0.15) is 0 Å². The van der Waals surface area contributed by atoms with Crippen LogP contribution in [0.3, 0.4) is 0 Å². The molecule has 12 heavy (non-hydrogen) atoms. The molecule has 0 fully saturated rings. The molecule has 2 heteroatoms. The summed E-state index contributed by atoms with van der Waals surface area (Å²) in [5.74, 6) is 0. The molecular formula is C10H17NO. The molecule has 0 aliphatic rings. The van der Waals surface area contributed by atoms with Gasteiger partial charge in [-0.1, -0.05) is 0 Å². The first-order chi connectivity index (χ1) is 5.66. The number of aryl methyl sites for hydroxylation is 2. The highest BCUT2D eigenvalue weighted by Crippen LogP contribution is 2.12. The minimum Gasteiger partial charge on any atom is -0.383 e. The normalized spacial score (nSPS) is 10.7. The average molecular weight is 167 g/mol. The Hall–Kier alpha value is -0.760. The Morgan fingerprint density at radius 2 is 2.00 bits per heavy atom. The van der Waals surface area contributed by atoms with Gasteiger partial charge in [-0.15, -0.1) is 0 Å². The lowest BCUT2D eigenvalue weighted by atomic mass is 10.3. The summed E-state index contributed by atoms with van der Waals surface area (Å²) in [6.07, 6.45) is 0. The van der Waals surface area contributed by atoms with E-state index in [0.717, 1.165) is 13.2 Å². The molecule has 2 nitrogen and oxygen atoms in total. The van der Waals surface area contributed by atoms with Gasteiger partial charge in [-0.25, -0.2) is 0 Å². The van der Waals surface area contributed by atoms with E-state index in [4.69, 9.17) is 4.74 Å². The Balaban J connectivity index is 2.82. The summed E-state index contributed by atoms with van der Waals surface area (Å²) < 4.78 is 7.33. The number of rotatable bonds is 3. The van der Waals surface area contributed by atoms with E-state index >= 15 is 0 Å². The second-order valence-corrected chi connectivity index (χ2v) is 3.20. The number of hydrogen-bond donors (Lipinski definition) is 0. The van der Waals surface area contributed by atoms with Crippen molar-refractivity contribution in [3.05, 3.63) is 23.0 Å². The van der Waals surface area contributed by atoms with Crippen LogP contribution in [-0.4, -0.2) is 18.3 Å². The molecule has 1 aromatic heterocycles. The van der Waals surface area contributed by atoms with Crippen LogP contribution in [0.25, 0.3) is 0 Å². The van der Waals surface area contributed by atoms with Crippen LogP contribution < -0.4 is 0 Å². The number of nitrogens with zero attached hydrogens (tertiary/aromatic N) is 1. The third kappa shape index (κ3) is 1.69. The van der Waals surface area contributed by atoms with E-state index in [-0.39, 0.29) is 0 Å². The van der Waals surface area contributed by atoms with Crippen LogP contribution in [0.15, 0.2) is 6.07 Å². The van der Waals surface area contributed by atoms with Gasteiger partial charge in [0, 0.05) is 25.0 Å². The van der Waals surface area contributed by atoms with Crippen LogP contribution >= 0.6 is 0 Å². The summed E-state index contributed by atoms with van der Waals surface area (Å²) in [4.78, 5) is 0. The van der Waals surface area contributed by atoms with Crippen molar-refractivity contribution in [3.63, 3.8) is 0 Å². The number of methoxy groups -OCH3 is 1. The van der Waals surface area contributed by atoms with Gasteiger partial charge in [0.15, 0.2) is 0 Å². The molecule has 0 spiro atoms. The zero-order chi connectivity index (χ0) is 9.14. The predicted octanol–water partition coefficient (Wildman–Crippen LogP) is 2.06. The fraction of sp³-hybridized carbons (Fsp3) is 0.600. The molecule has 0 radical (unpaired) electrons. The Morgan fingerprint density at radius 1 is 1.33 bits per heavy atom. The molecule has 0 bridgehead atoms. The molecule has 0 saturated heterocycles. The van der Waals surface area contributed by atoms with E-state index in [2.05, 4.69) is 31.4 Å². The highest BCUT2D eigenvalue weighted by molar-refractivity contribution is 5.24. The molecule has 0 atom stereocenters. The largest absolute Gasteiger partial charge is 0.383 e. The van der Waals surface area contributed by atoms with Crippen LogP contribution in [0.1, 0.15) is 17.0 Å². The number of hydrogen-bond acceptors (Lipinski definition) is 1. The summed E-state index contributed by atoms with van der Waals surface area (Å²) in [7, 11) is 1.74. The van der Waals surface area contributed by atoms with Gasteiger partial charge in [0.25, 0.3) is 0 Å². The van der Waals surface area contributed by atoms with E-state index < -0.39 is 0 Å². The standard InChI is InChI=1S/C10H17NO/c1-8-7-9(2)11(10(8)3)5-6-12-4/h7H,5-6H2,1-4H3. The van der Waals surface area contributed by atoms with Gasteiger partial charge in [0.05, 0.1) is 6.61 Å².